The predicted molar refractivity (Wildman–Crippen MR) is 106 cm³/mol. The van der Waals surface area contributed by atoms with Crippen molar-refractivity contribution < 1.29 is 4.79 Å². The maximum atomic E-state index is 11.5. The Balaban J connectivity index is 2.13. The van der Waals surface area contributed by atoms with Crippen molar-refractivity contribution in [2.24, 2.45) is 5.73 Å². The van der Waals surface area contributed by atoms with Gasteiger partial charge >= 0.3 is 0 Å². The van der Waals surface area contributed by atoms with Crippen molar-refractivity contribution in [3.63, 3.8) is 0 Å². The van der Waals surface area contributed by atoms with Gasteiger partial charge in [0, 0.05) is 29.4 Å². The number of nitrogens with zero attached hydrogens (tertiary/aromatic N) is 3. The number of carbonyl (C=O) groups excluding carboxylic acids is 1. The third-order valence-corrected chi connectivity index (χ3v) is 5.82. The molecular weight excluding hydrogens is 368 g/mol. The van der Waals surface area contributed by atoms with E-state index < -0.39 is 11.8 Å². The minimum absolute atomic E-state index is 0.281. The van der Waals surface area contributed by atoms with Gasteiger partial charge in [0.05, 0.1) is 21.5 Å². The summed E-state index contributed by atoms with van der Waals surface area (Å²) in [7, 11) is 0. The predicted octanol–water partition coefficient (Wildman–Crippen LogP) is 4.89. The first kappa shape index (κ1) is 18.6. The van der Waals surface area contributed by atoms with E-state index in [1.54, 1.807) is 24.5 Å². The quantitative estimate of drug-likeness (QED) is 0.653. The minimum atomic E-state index is -0.445. The first-order valence-electron chi connectivity index (χ1n) is 8.49. The Bertz CT molecular complexity index is 933. The van der Waals surface area contributed by atoms with Crippen LogP contribution in [0.15, 0.2) is 36.0 Å². The lowest BCUT2D eigenvalue weighted by Crippen LogP contribution is -2.19. The van der Waals surface area contributed by atoms with E-state index in [9.17, 15) is 4.79 Å². The normalized spacial score (nSPS) is 13.5. The third-order valence-electron chi connectivity index (χ3n) is 4.54. The molecule has 2 unspecified atom stereocenters. The van der Waals surface area contributed by atoms with Crippen LogP contribution in [0.2, 0.25) is 5.02 Å². The molecule has 2 atom stereocenters. The minimum Gasteiger partial charge on any atom is -0.369 e. The first-order chi connectivity index (χ1) is 12.4. The lowest BCUT2D eigenvalue weighted by atomic mass is 10.0. The van der Waals surface area contributed by atoms with Gasteiger partial charge in [-0.05, 0) is 44.0 Å². The molecule has 1 amide bonds. The molecule has 0 aliphatic carbocycles. The van der Waals surface area contributed by atoms with E-state index in [2.05, 4.69) is 18.8 Å². The Morgan fingerprint density at radius 3 is 2.77 bits per heavy atom. The van der Waals surface area contributed by atoms with Gasteiger partial charge in [-0.3, -0.25) is 14.5 Å². The summed E-state index contributed by atoms with van der Waals surface area (Å²) < 4.78 is 1.98. The van der Waals surface area contributed by atoms with Crippen LogP contribution in [0.1, 0.15) is 44.8 Å². The van der Waals surface area contributed by atoms with E-state index in [1.165, 1.54) is 0 Å². The largest absolute Gasteiger partial charge is 0.369 e. The summed E-state index contributed by atoms with van der Waals surface area (Å²) >= 11 is 7.68. The van der Waals surface area contributed by atoms with Gasteiger partial charge in [-0.2, -0.15) is 5.10 Å². The van der Waals surface area contributed by atoms with Crippen LogP contribution in [0.3, 0.4) is 0 Å². The van der Waals surface area contributed by atoms with Crippen molar-refractivity contribution in [1.29, 1.82) is 0 Å². The van der Waals surface area contributed by atoms with E-state index in [-0.39, 0.29) is 6.04 Å². The Labute approximate surface area is 161 Å². The van der Waals surface area contributed by atoms with Gasteiger partial charge < -0.3 is 5.73 Å². The molecule has 5 nitrogen and oxygen atoms in total. The number of hydrogen-bond acceptors (Lipinski definition) is 4. The van der Waals surface area contributed by atoms with Gasteiger partial charge in [0.15, 0.2) is 0 Å². The number of rotatable bonds is 6. The number of nitrogens with two attached hydrogens (primary N) is 1. The fourth-order valence-electron chi connectivity index (χ4n) is 2.63. The van der Waals surface area contributed by atoms with Crippen molar-refractivity contribution in [2.45, 2.75) is 39.2 Å². The zero-order valence-electron chi connectivity index (χ0n) is 14.9. The second-order valence-corrected chi connectivity index (χ2v) is 7.70. The van der Waals surface area contributed by atoms with Crippen LogP contribution in [-0.2, 0) is 4.79 Å². The van der Waals surface area contributed by atoms with E-state index in [0.29, 0.717) is 10.7 Å². The molecule has 0 saturated carbocycles. The molecule has 2 N–H and O–H groups in total. The fraction of sp³-hybridized carbons (Fsp3) is 0.316. The second-order valence-electron chi connectivity index (χ2n) is 6.35. The second kappa shape index (κ2) is 7.60. The van der Waals surface area contributed by atoms with Crippen LogP contribution in [0, 0.1) is 0 Å². The smallest absolute Gasteiger partial charge is 0.226 e. The highest BCUT2D eigenvalue weighted by atomic mass is 35.5. The standard InChI is InChI=1S/C19H21ClN4OS/c1-4-11(2)24-9-15(18(23-24)17-8-14(20)10-26-17)13-5-6-22-16(7-13)12(3)19(21)25/h5-12H,4H2,1-3H3,(H2,21,25). The van der Waals surface area contributed by atoms with Crippen LogP contribution in [0.25, 0.3) is 21.7 Å². The molecule has 26 heavy (non-hydrogen) atoms. The third kappa shape index (κ3) is 3.66. The monoisotopic (exact) mass is 388 g/mol. The van der Waals surface area contributed by atoms with Gasteiger partial charge in [-0.25, -0.2) is 0 Å². The summed E-state index contributed by atoms with van der Waals surface area (Å²) in [6.07, 6.45) is 4.73. The van der Waals surface area contributed by atoms with E-state index in [0.717, 1.165) is 28.1 Å². The molecule has 0 aromatic carbocycles. The molecule has 136 valence electrons. The number of amides is 1. The summed E-state index contributed by atoms with van der Waals surface area (Å²) in [6.45, 7) is 6.03. The number of pyridine rings is 1. The number of primary amides is 1. The highest BCUT2D eigenvalue weighted by Gasteiger charge is 2.19. The highest BCUT2D eigenvalue weighted by molar-refractivity contribution is 7.14. The molecule has 0 saturated heterocycles. The number of hydrogen-bond donors (Lipinski definition) is 1. The molecule has 0 radical (unpaired) electrons. The van der Waals surface area contributed by atoms with Gasteiger partial charge in [-0.15, -0.1) is 11.3 Å². The Morgan fingerprint density at radius 1 is 1.38 bits per heavy atom. The van der Waals surface area contributed by atoms with Crippen LogP contribution in [-0.4, -0.2) is 20.7 Å². The van der Waals surface area contributed by atoms with E-state index >= 15 is 0 Å². The molecule has 3 aromatic rings. The zero-order chi connectivity index (χ0) is 18.8. The Kier molecular flexibility index (Phi) is 5.44. The average molecular weight is 389 g/mol. The maximum absolute atomic E-state index is 11.5. The van der Waals surface area contributed by atoms with Gasteiger partial charge in [-0.1, -0.05) is 18.5 Å². The lowest BCUT2D eigenvalue weighted by Gasteiger charge is -2.09. The molecule has 3 heterocycles. The SMILES string of the molecule is CCC(C)n1cc(-c2ccnc(C(C)C(N)=O)c2)c(-c2cc(Cl)cs2)n1. The van der Waals surface area contributed by atoms with Gasteiger partial charge in [0.25, 0.3) is 0 Å². The molecule has 7 heteroatoms. The summed E-state index contributed by atoms with van der Waals surface area (Å²) in [5.41, 5.74) is 8.91. The highest BCUT2D eigenvalue weighted by Crippen LogP contribution is 2.37. The summed E-state index contributed by atoms with van der Waals surface area (Å²) in [5, 5.41) is 7.41. The molecule has 0 aliphatic heterocycles. The summed E-state index contributed by atoms with van der Waals surface area (Å²) in [4.78, 5) is 16.8. The molecule has 3 rings (SSSR count). The number of carbonyl (C=O) groups is 1. The van der Waals surface area contributed by atoms with Crippen LogP contribution in [0.4, 0.5) is 0 Å². The van der Waals surface area contributed by atoms with E-state index in [1.807, 2.05) is 34.5 Å². The van der Waals surface area contributed by atoms with Crippen molar-refractivity contribution >= 4 is 28.8 Å². The number of thiophene rings is 1. The Hall–Kier alpha value is -2.18. The number of aromatic nitrogens is 3. The lowest BCUT2D eigenvalue weighted by molar-refractivity contribution is -0.119. The zero-order valence-corrected chi connectivity index (χ0v) is 16.5. The fourth-order valence-corrected chi connectivity index (χ4v) is 3.71. The van der Waals surface area contributed by atoms with Crippen LogP contribution < -0.4 is 5.73 Å². The molecular formula is C19H21ClN4OS. The van der Waals surface area contributed by atoms with Crippen molar-refractivity contribution in [2.75, 3.05) is 0 Å². The average Bonchev–Trinajstić information content (AvgIpc) is 3.26. The molecule has 0 aliphatic rings. The van der Waals surface area contributed by atoms with Gasteiger partial charge in [0.2, 0.25) is 5.91 Å². The Morgan fingerprint density at radius 2 is 2.15 bits per heavy atom. The van der Waals surface area contributed by atoms with Crippen molar-refractivity contribution in [3.8, 4) is 21.7 Å². The molecule has 0 bridgehead atoms. The first-order valence-corrected chi connectivity index (χ1v) is 9.75. The van der Waals surface area contributed by atoms with Crippen LogP contribution >= 0.6 is 22.9 Å². The summed E-state index contributed by atoms with van der Waals surface area (Å²) in [5.74, 6) is -0.839. The van der Waals surface area contributed by atoms with Gasteiger partial charge in [0.1, 0.15) is 5.69 Å². The maximum Gasteiger partial charge on any atom is 0.226 e. The molecule has 0 fully saturated rings. The number of halogens is 1. The van der Waals surface area contributed by atoms with Crippen molar-refractivity contribution in [1.82, 2.24) is 14.8 Å². The van der Waals surface area contributed by atoms with E-state index in [4.69, 9.17) is 22.4 Å². The van der Waals surface area contributed by atoms with Crippen LogP contribution in [0.5, 0.6) is 0 Å². The molecule has 3 aromatic heterocycles. The topological polar surface area (TPSA) is 73.8 Å². The summed E-state index contributed by atoms with van der Waals surface area (Å²) in [6, 6.07) is 6.04. The van der Waals surface area contributed by atoms with Crippen molar-refractivity contribution in [3.05, 3.63) is 46.7 Å². The molecule has 0 spiro atoms.